The summed E-state index contributed by atoms with van der Waals surface area (Å²) in [5, 5.41) is 12.2. The van der Waals surface area contributed by atoms with E-state index >= 15 is 0 Å². The number of fused-ring (bicyclic) bond motifs is 1. The second-order valence-corrected chi connectivity index (χ2v) is 6.22. The van der Waals surface area contributed by atoms with Gasteiger partial charge in [-0.3, -0.25) is 0 Å². The number of benzene rings is 1. The highest BCUT2D eigenvalue weighted by molar-refractivity contribution is 5.86. The Bertz CT molecular complexity index is 733. The van der Waals surface area contributed by atoms with Gasteiger partial charge in [-0.25, -0.2) is 14.0 Å². The normalized spacial score (nSPS) is 12.9. The number of rotatable bonds is 4. The van der Waals surface area contributed by atoms with Gasteiger partial charge in [-0.05, 0) is 32.4 Å². The number of aromatic nitrogens is 1. The Labute approximate surface area is 132 Å². The molecule has 0 unspecified atom stereocenters. The molecule has 0 aliphatic carbocycles. The maximum absolute atomic E-state index is 13.7. The number of carboxylic acid groups (broad SMARTS) is 1. The van der Waals surface area contributed by atoms with Gasteiger partial charge in [-0.2, -0.15) is 0 Å². The Morgan fingerprint density at radius 3 is 2.70 bits per heavy atom. The zero-order chi connectivity index (χ0) is 17.2. The molecule has 6 nitrogen and oxygen atoms in total. The number of hydrogen-bond donors (Lipinski definition) is 3. The van der Waals surface area contributed by atoms with Crippen molar-refractivity contribution in [2.75, 3.05) is 0 Å². The van der Waals surface area contributed by atoms with Gasteiger partial charge in [0.1, 0.15) is 17.5 Å². The van der Waals surface area contributed by atoms with Crippen LogP contribution >= 0.6 is 0 Å². The van der Waals surface area contributed by atoms with E-state index in [9.17, 15) is 19.1 Å². The summed E-state index contributed by atoms with van der Waals surface area (Å²) in [4.78, 5) is 25.9. The molecule has 2 aromatic rings. The van der Waals surface area contributed by atoms with Crippen LogP contribution in [0, 0.1) is 5.82 Å². The molecule has 124 valence electrons. The molecule has 23 heavy (non-hydrogen) atoms. The summed E-state index contributed by atoms with van der Waals surface area (Å²) in [6.45, 7) is 5.06. The number of aliphatic carboxylic acids is 1. The van der Waals surface area contributed by atoms with Gasteiger partial charge in [-0.1, -0.05) is 12.1 Å². The fourth-order valence-electron chi connectivity index (χ4n) is 2.21. The van der Waals surface area contributed by atoms with Gasteiger partial charge in [0.15, 0.2) is 0 Å². The van der Waals surface area contributed by atoms with Crippen molar-refractivity contribution in [3.8, 4) is 0 Å². The first-order chi connectivity index (χ1) is 10.7. The Morgan fingerprint density at radius 1 is 1.39 bits per heavy atom. The zero-order valence-corrected chi connectivity index (χ0v) is 13.1. The number of carbonyl (C=O) groups excluding carboxylic acids is 1. The Balaban J connectivity index is 2.17. The molecule has 0 aliphatic rings. The predicted molar refractivity (Wildman–Crippen MR) is 82.8 cm³/mol. The molecule has 0 saturated heterocycles. The van der Waals surface area contributed by atoms with E-state index in [2.05, 4.69) is 10.3 Å². The van der Waals surface area contributed by atoms with E-state index in [4.69, 9.17) is 4.74 Å². The van der Waals surface area contributed by atoms with Gasteiger partial charge in [0.25, 0.3) is 0 Å². The van der Waals surface area contributed by atoms with E-state index in [0.29, 0.717) is 16.5 Å². The van der Waals surface area contributed by atoms with Crippen molar-refractivity contribution in [3.05, 3.63) is 35.8 Å². The summed E-state index contributed by atoms with van der Waals surface area (Å²) in [7, 11) is 0. The average molecular weight is 322 g/mol. The van der Waals surface area contributed by atoms with Crippen LogP contribution < -0.4 is 5.32 Å². The predicted octanol–water partition coefficient (Wildman–Crippen LogP) is 2.83. The summed E-state index contributed by atoms with van der Waals surface area (Å²) in [6.07, 6.45) is 0.745. The van der Waals surface area contributed by atoms with E-state index in [-0.39, 0.29) is 6.42 Å². The Kier molecular flexibility index (Phi) is 4.58. The number of carbonyl (C=O) groups is 2. The van der Waals surface area contributed by atoms with Gasteiger partial charge < -0.3 is 20.1 Å². The number of carboxylic acids is 1. The number of halogens is 1. The molecule has 3 N–H and O–H groups in total. The third-order valence-electron chi connectivity index (χ3n) is 3.16. The average Bonchev–Trinajstić information content (AvgIpc) is 2.80. The van der Waals surface area contributed by atoms with Crippen molar-refractivity contribution in [3.63, 3.8) is 0 Å². The fraction of sp³-hybridized carbons (Fsp3) is 0.375. The summed E-state index contributed by atoms with van der Waals surface area (Å²) in [5.41, 5.74) is 0.184. The second kappa shape index (κ2) is 6.28. The number of ether oxygens (including phenoxy) is 1. The monoisotopic (exact) mass is 322 g/mol. The number of amides is 1. The molecule has 7 heteroatoms. The molecule has 0 bridgehead atoms. The SMILES string of the molecule is CC(C)(C)OC(=O)N[C@H](Cc1c[nH]c2c(F)cccc12)C(=O)O. The van der Waals surface area contributed by atoms with Crippen molar-refractivity contribution in [1.29, 1.82) is 0 Å². The third-order valence-corrected chi connectivity index (χ3v) is 3.16. The van der Waals surface area contributed by atoms with Crippen LogP contribution in [0.5, 0.6) is 0 Å². The topological polar surface area (TPSA) is 91.4 Å². The molecule has 2 rings (SSSR count). The fourth-order valence-corrected chi connectivity index (χ4v) is 2.21. The third kappa shape index (κ3) is 4.21. The number of aromatic amines is 1. The Morgan fingerprint density at radius 2 is 2.09 bits per heavy atom. The minimum Gasteiger partial charge on any atom is -0.480 e. The lowest BCUT2D eigenvalue weighted by molar-refractivity contribution is -0.139. The highest BCUT2D eigenvalue weighted by Crippen LogP contribution is 2.22. The molecule has 0 spiro atoms. The first kappa shape index (κ1) is 16.8. The maximum Gasteiger partial charge on any atom is 0.408 e. The molecule has 0 saturated carbocycles. The highest BCUT2D eigenvalue weighted by Gasteiger charge is 2.25. The van der Waals surface area contributed by atoms with Crippen LogP contribution in [0.4, 0.5) is 9.18 Å². The molecule has 1 aromatic carbocycles. The van der Waals surface area contributed by atoms with Gasteiger partial charge in [-0.15, -0.1) is 0 Å². The molecular formula is C16H19FN2O4. The van der Waals surface area contributed by atoms with Gasteiger partial charge >= 0.3 is 12.1 Å². The van der Waals surface area contributed by atoms with E-state index in [1.54, 1.807) is 39.1 Å². The van der Waals surface area contributed by atoms with Crippen molar-refractivity contribution in [2.45, 2.75) is 38.8 Å². The molecule has 1 atom stereocenters. The number of alkyl carbamates (subject to hydrolysis) is 1. The minimum absolute atomic E-state index is 0.0119. The molecule has 1 heterocycles. The van der Waals surface area contributed by atoms with Crippen LogP contribution in [0.2, 0.25) is 0 Å². The van der Waals surface area contributed by atoms with E-state index in [1.165, 1.54) is 6.07 Å². The van der Waals surface area contributed by atoms with Gasteiger partial charge in [0.05, 0.1) is 5.52 Å². The molecular weight excluding hydrogens is 303 g/mol. The van der Waals surface area contributed by atoms with Crippen molar-refractivity contribution < 1.29 is 23.8 Å². The molecule has 0 fully saturated rings. The van der Waals surface area contributed by atoms with Crippen LogP contribution in [-0.2, 0) is 16.0 Å². The lowest BCUT2D eigenvalue weighted by Gasteiger charge is -2.22. The highest BCUT2D eigenvalue weighted by atomic mass is 19.1. The van der Waals surface area contributed by atoms with E-state index in [0.717, 1.165) is 0 Å². The molecule has 1 amide bonds. The van der Waals surface area contributed by atoms with Crippen LogP contribution in [0.1, 0.15) is 26.3 Å². The van der Waals surface area contributed by atoms with E-state index < -0.39 is 29.5 Å². The number of H-pyrrole nitrogens is 1. The lowest BCUT2D eigenvalue weighted by atomic mass is 10.1. The number of nitrogens with one attached hydrogen (secondary N) is 2. The summed E-state index contributed by atoms with van der Waals surface area (Å²) in [6, 6.07) is 3.38. The quantitative estimate of drug-likeness (QED) is 0.807. The number of hydrogen-bond acceptors (Lipinski definition) is 3. The zero-order valence-electron chi connectivity index (χ0n) is 13.1. The first-order valence-corrected chi connectivity index (χ1v) is 7.14. The smallest absolute Gasteiger partial charge is 0.408 e. The van der Waals surface area contributed by atoms with Crippen molar-refractivity contribution in [2.24, 2.45) is 0 Å². The standard InChI is InChI=1S/C16H19FN2O4/c1-16(2,3)23-15(22)19-12(14(20)21)7-9-8-18-13-10(9)5-4-6-11(13)17/h4-6,8,12,18H,7H2,1-3H3,(H,19,22)(H,20,21)/t12-/m1/s1. The number of para-hydroxylation sites is 1. The first-order valence-electron chi connectivity index (χ1n) is 7.14. The lowest BCUT2D eigenvalue weighted by Crippen LogP contribution is -2.44. The maximum atomic E-state index is 13.7. The summed E-state index contributed by atoms with van der Waals surface area (Å²) < 4.78 is 18.7. The van der Waals surface area contributed by atoms with Gasteiger partial charge in [0.2, 0.25) is 0 Å². The van der Waals surface area contributed by atoms with Crippen molar-refractivity contribution >= 4 is 23.0 Å². The second-order valence-electron chi connectivity index (χ2n) is 6.22. The van der Waals surface area contributed by atoms with E-state index in [1.807, 2.05) is 0 Å². The summed E-state index contributed by atoms with van der Waals surface area (Å²) >= 11 is 0. The molecule has 1 aromatic heterocycles. The summed E-state index contributed by atoms with van der Waals surface area (Å²) in [5.74, 6) is -1.61. The van der Waals surface area contributed by atoms with Crippen LogP contribution in [0.25, 0.3) is 10.9 Å². The Hall–Kier alpha value is -2.57. The molecule has 0 aliphatic heterocycles. The largest absolute Gasteiger partial charge is 0.480 e. The van der Waals surface area contributed by atoms with Crippen LogP contribution in [0.15, 0.2) is 24.4 Å². The van der Waals surface area contributed by atoms with Crippen LogP contribution in [0.3, 0.4) is 0 Å². The van der Waals surface area contributed by atoms with Gasteiger partial charge in [0, 0.05) is 18.0 Å². The van der Waals surface area contributed by atoms with Crippen molar-refractivity contribution in [1.82, 2.24) is 10.3 Å². The van der Waals surface area contributed by atoms with Crippen LogP contribution in [-0.4, -0.2) is 33.8 Å². The minimum atomic E-state index is -1.19. The molecule has 0 radical (unpaired) electrons.